The van der Waals surface area contributed by atoms with Gasteiger partial charge in [0.2, 0.25) is 0 Å². The molecule has 1 atom stereocenters. The van der Waals surface area contributed by atoms with Crippen molar-refractivity contribution in [3.8, 4) is 5.75 Å². The van der Waals surface area contributed by atoms with Gasteiger partial charge in [-0.2, -0.15) is 0 Å². The highest BCUT2D eigenvalue weighted by atomic mass is 16.5. The van der Waals surface area contributed by atoms with Crippen LogP contribution in [-0.4, -0.2) is 31.9 Å². The molecule has 90 valence electrons. The topological polar surface area (TPSA) is 43.4 Å². The van der Waals surface area contributed by atoms with Crippen molar-refractivity contribution in [2.45, 2.75) is 26.3 Å². The highest BCUT2D eigenvalue weighted by Crippen LogP contribution is 2.24. The lowest BCUT2D eigenvalue weighted by atomic mass is 10.2. The van der Waals surface area contributed by atoms with Gasteiger partial charge >= 0.3 is 0 Å². The summed E-state index contributed by atoms with van der Waals surface area (Å²) < 4.78 is 10.4. The third-order valence-electron chi connectivity index (χ3n) is 2.44. The highest BCUT2D eigenvalue weighted by Gasteiger charge is 2.09. The van der Waals surface area contributed by atoms with Gasteiger partial charge in [-0.1, -0.05) is 6.92 Å². The minimum Gasteiger partial charge on any atom is -0.493 e. The predicted molar refractivity (Wildman–Crippen MR) is 65.1 cm³/mol. The standard InChI is InChI=1S/C12H20N2O2/c1-5-10(8-15-3)14-11-6-9(2)13-7-12(11)16-4/h6-7,10H,5,8H2,1-4H3,(H,13,14). The van der Waals surface area contributed by atoms with Gasteiger partial charge in [-0.05, 0) is 19.4 Å². The first-order valence-corrected chi connectivity index (χ1v) is 5.47. The lowest BCUT2D eigenvalue weighted by Gasteiger charge is -2.19. The third kappa shape index (κ3) is 3.38. The number of hydrogen-bond acceptors (Lipinski definition) is 4. The van der Waals surface area contributed by atoms with Crippen molar-refractivity contribution in [1.29, 1.82) is 0 Å². The molecule has 4 nitrogen and oxygen atoms in total. The second-order valence-corrected chi connectivity index (χ2v) is 3.73. The minimum absolute atomic E-state index is 0.292. The molecule has 0 aliphatic carbocycles. The van der Waals surface area contributed by atoms with E-state index in [0.29, 0.717) is 12.6 Å². The van der Waals surface area contributed by atoms with E-state index in [1.807, 2.05) is 13.0 Å². The summed E-state index contributed by atoms with van der Waals surface area (Å²) in [6, 6.07) is 2.28. The zero-order valence-corrected chi connectivity index (χ0v) is 10.4. The molecule has 16 heavy (non-hydrogen) atoms. The molecule has 1 rings (SSSR count). The Morgan fingerprint density at radius 2 is 2.19 bits per heavy atom. The second-order valence-electron chi connectivity index (χ2n) is 3.73. The van der Waals surface area contributed by atoms with E-state index in [9.17, 15) is 0 Å². The molecule has 0 bridgehead atoms. The molecule has 0 saturated heterocycles. The fraction of sp³-hybridized carbons (Fsp3) is 0.583. The molecule has 1 unspecified atom stereocenters. The number of pyridine rings is 1. The summed E-state index contributed by atoms with van der Waals surface area (Å²) in [7, 11) is 3.36. The van der Waals surface area contributed by atoms with Gasteiger partial charge in [-0.3, -0.25) is 4.98 Å². The molecule has 1 aromatic rings. The van der Waals surface area contributed by atoms with Crippen LogP contribution in [-0.2, 0) is 4.74 Å². The van der Waals surface area contributed by atoms with E-state index < -0.39 is 0 Å². The smallest absolute Gasteiger partial charge is 0.160 e. The monoisotopic (exact) mass is 224 g/mol. The quantitative estimate of drug-likeness (QED) is 0.804. The van der Waals surface area contributed by atoms with Crippen LogP contribution in [0.5, 0.6) is 5.75 Å². The number of rotatable bonds is 6. The van der Waals surface area contributed by atoms with Crippen LogP contribution in [0, 0.1) is 6.92 Å². The number of nitrogens with zero attached hydrogens (tertiary/aromatic N) is 1. The van der Waals surface area contributed by atoms with Crippen LogP contribution < -0.4 is 10.1 Å². The molecular weight excluding hydrogens is 204 g/mol. The number of aromatic nitrogens is 1. The SMILES string of the molecule is CCC(COC)Nc1cc(C)ncc1OC. The van der Waals surface area contributed by atoms with Gasteiger partial charge in [0, 0.05) is 18.8 Å². The fourth-order valence-corrected chi connectivity index (χ4v) is 1.51. The Kier molecular flexibility index (Phi) is 5.05. The first-order valence-electron chi connectivity index (χ1n) is 5.47. The van der Waals surface area contributed by atoms with Gasteiger partial charge in [0.25, 0.3) is 0 Å². The summed E-state index contributed by atoms with van der Waals surface area (Å²) in [4.78, 5) is 4.19. The Morgan fingerprint density at radius 3 is 2.75 bits per heavy atom. The normalized spacial score (nSPS) is 12.2. The Balaban J connectivity index is 2.80. The summed E-state index contributed by atoms with van der Waals surface area (Å²) in [6.07, 6.45) is 2.73. The zero-order valence-electron chi connectivity index (χ0n) is 10.4. The van der Waals surface area contributed by atoms with Gasteiger partial charge in [-0.25, -0.2) is 0 Å². The molecule has 0 amide bonds. The molecule has 0 aromatic carbocycles. The second kappa shape index (κ2) is 6.33. The third-order valence-corrected chi connectivity index (χ3v) is 2.44. The van der Waals surface area contributed by atoms with Gasteiger partial charge in [0.1, 0.15) is 0 Å². The number of hydrogen-bond donors (Lipinski definition) is 1. The predicted octanol–water partition coefficient (Wildman–Crippen LogP) is 2.24. The number of anilines is 1. The molecule has 1 heterocycles. The zero-order chi connectivity index (χ0) is 12.0. The molecule has 0 aliphatic heterocycles. The summed E-state index contributed by atoms with van der Waals surface area (Å²) in [5.74, 6) is 0.764. The van der Waals surface area contributed by atoms with Crippen LogP contribution in [0.15, 0.2) is 12.3 Å². The summed E-state index contributed by atoms with van der Waals surface area (Å²) >= 11 is 0. The summed E-state index contributed by atoms with van der Waals surface area (Å²) in [5.41, 5.74) is 1.94. The van der Waals surface area contributed by atoms with E-state index in [2.05, 4.69) is 17.2 Å². The number of methoxy groups -OCH3 is 2. The van der Waals surface area contributed by atoms with Gasteiger partial charge in [0.05, 0.1) is 25.6 Å². The number of ether oxygens (including phenoxy) is 2. The van der Waals surface area contributed by atoms with Crippen LogP contribution in [0.2, 0.25) is 0 Å². The minimum atomic E-state index is 0.292. The first kappa shape index (κ1) is 12.8. The van der Waals surface area contributed by atoms with E-state index >= 15 is 0 Å². The highest BCUT2D eigenvalue weighted by molar-refractivity contribution is 5.56. The lowest BCUT2D eigenvalue weighted by molar-refractivity contribution is 0.184. The van der Waals surface area contributed by atoms with Crippen molar-refractivity contribution < 1.29 is 9.47 Å². The molecule has 0 aliphatic rings. The Morgan fingerprint density at radius 1 is 1.44 bits per heavy atom. The number of aryl methyl sites for hydroxylation is 1. The van der Waals surface area contributed by atoms with Crippen molar-refractivity contribution in [1.82, 2.24) is 4.98 Å². The van der Waals surface area contributed by atoms with Gasteiger partial charge in [0.15, 0.2) is 5.75 Å². The van der Waals surface area contributed by atoms with E-state index in [0.717, 1.165) is 23.6 Å². The Hall–Kier alpha value is -1.29. The van der Waals surface area contributed by atoms with E-state index in [4.69, 9.17) is 9.47 Å². The van der Waals surface area contributed by atoms with E-state index in [1.54, 1.807) is 20.4 Å². The summed E-state index contributed by atoms with van der Waals surface area (Å²) in [6.45, 7) is 4.76. The van der Waals surface area contributed by atoms with Crippen LogP contribution in [0.25, 0.3) is 0 Å². The van der Waals surface area contributed by atoms with Crippen LogP contribution >= 0.6 is 0 Å². The van der Waals surface area contributed by atoms with Gasteiger partial charge in [-0.15, -0.1) is 0 Å². The molecular formula is C12H20N2O2. The van der Waals surface area contributed by atoms with E-state index in [-0.39, 0.29) is 0 Å². The average molecular weight is 224 g/mol. The van der Waals surface area contributed by atoms with Crippen LogP contribution in [0.3, 0.4) is 0 Å². The molecule has 1 N–H and O–H groups in total. The van der Waals surface area contributed by atoms with Crippen molar-refractivity contribution in [2.24, 2.45) is 0 Å². The van der Waals surface area contributed by atoms with Crippen molar-refractivity contribution in [3.05, 3.63) is 18.0 Å². The maximum absolute atomic E-state index is 5.26. The Labute approximate surface area is 97.0 Å². The first-order chi connectivity index (χ1) is 7.71. The molecule has 0 radical (unpaired) electrons. The van der Waals surface area contributed by atoms with Crippen molar-refractivity contribution in [3.63, 3.8) is 0 Å². The fourth-order valence-electron chi connectivity index (χ4n) is 1.51. The van der Waals surface area contributed by atoms with Gasteiger partial charge < -0.3 is 14.8 Å². The summed E-state index contributed by atoms with van der Waals surface area (Å²) in [5, 5.41) is 3.40. The average Bonchev–Trinajstić information content (AvgIpc) is 2.29. The van der Waals surface area contributed by atoms with Crippen LogP contribution in [0.1, 0.15) is 19.0 Å². The largest absolute Gasteiger partial charge is 0.493 e. The molecule has 1 aromatic heterocycles. The van der Waals surface area contributed by atoms with Crippen molar-refractivity contribution >= 4 is 5.69 Å². The maximum Gasteiger partial charge on any atom is 0.160 e. The van der Waals surface area contributed by atoms with Crippen LogP contribution in [0.4, 0.5) is 5.69 Å². The molecule has 4 heteroatoms. The number of nitrogens with one attached hydrogen (secondary N) is 1. The Bertz CT molecular complexity index is 329. The van der Waals surface area contributed by atoms with Crippen molar-refractivity contribution in [2.75, 3.05) is 26.1 Å². The maximum atomic E-state index is 5.26. The molecule has 0 fully saturated rings. The molecule has 0 saturated carbocycles. The lowest BCUT2D eigenvalue weighted by Crippen LogP contribution is -2.24. The molecule has 0 spiro atoms. The van der Waals surface area contributed by atoms with E-state index in [1.165, 1.54) is 0 Å².